The Labute approximate surface area is 152 Å². The normalized spacial score (nSPS) is 10.9. The fourth-order valence-corrected chi connectivity index (χ4v) is 2.21. The number of phenolic OH excluding ortho intramolecular Hbond substituents is 1. The highest BCUT2D eigenvalue weighted by atomic mass is 32.1. The summed E-state index contributed by atoms with van der Waals surface area (Å²) in [6.45, 7) is 2.34. The first-order valence-corrected chi connectivity index (χ1v) is 8.02. The molecule has 0 aliphatic rings. The Bertz CT molecular complexity index is 761. The Morgan fingerprint density at radius 1 is 1.08 bits per heavy atom. The van der Waals surface area contributed by atoms with Gasteiger partial charge in [0.15, 0.2) is 5.11 Å². The first kappa shape index (κ1) is 18.5. The number of methoxy groups -OCH3 is 2. The summed E-state index contributed by atoms with van der Waals surface area (Å²) in [5, 5.41) is 17.6. The summed E-state index contributed by atoms with van der Waals surface area (Å²) in [6, 6.07) is 12.6. The van der Waals surface area contributed by atoms with Crippen LogP contribution in [0, 0.1) is 0 Å². The van der Waals surface area contributed by atoms with Crippen LogP contribution in [-0.4, -0.2) is 30.2 Å². The molecule has 132 valence electrons. The molecule has 2 aromatic carbocycles. The molecule has 0 fully saturated rings. The summed E-state index contributed by atoms with van der Waals surface area (Å²) < 4.78 is 10.3. The SMILES string of the molecule is COc1ccc(CNC(=S)N/N=C(\C)c2cc(OC)ccc2O)cc1. The minimum absolute atomic E-state index is 0.126. The quantitative estimate of drug-likeness (QED) is 0.418. The topological polar surface area (TPSA) is 75.1 Å². The maximum Gasteiger partial charge on any atom is 0.187 e. The van der Waals surface area contributed by atoms with Crippen molar-refractivity contribution in [2.24, 2.45) is 5.10 Å². The van der Waals surface area contributed by atoms with Crippen molar-refractivity contribution in [3.8, 4) is 17.2 Å². The average Bonchev–Trinajstić information content (AvgIpc) is 2.65. The minimum Gasteiger partial charge on any atom is -0.507 e. The fraction of sp³-hybridized carbons (Fsp3) is 0.222. The van der Waals surface area contributed by atoms with Crippen molar-refractivity contribution in [1.82, 2.24) is 10.7 Å². The van der Waals surface area contributed by atoms with Gasteiger partial charge in [0.2, 0.25) is 0 Å². The van der Waals surface area contributed by atoms with E-state index in [-0.39, 0.29) is 5.75 Å². The molecule has 0 saturated carbocycles. The van der Waals surface area contributed by atoms with Gasteiger partial charge in [-0.2, -0.15) is 5.10 Å². The van der Waals surface area contributed by atoms with Gasteiger partial charge in [-0.1, -0.05) is 12.1 Å². The molecule has 3 N–H and O–H groups in total. The number of nitrogens with zero attached hydrogens (tertiary/aromatic N) is 1. The molecule has 0 aliphatic heterocycles. The second kappa shape index (κ2) is 8.89. The van der Waals surface area contributed by atoms with E-state index in [1.807, 2.05) is 24.3 Å². The predicted octanol–water partition coefficient (Wildman–Crippen LogP) is 2.80. The summed E-state index contributed by atoms with van der Waals surface area (Å²) in [7, 11) is 3.20. The van der Waals surface area contributed by atoms with Crippen molar-refractivity contribution in [2.75, 3.05) is 14.2 Å². The number of hydrazone groups is 1. The largest absolute Gasteiger partial charge is 0.507 e. The standard InChI is InChI=1S/C18H21N3O3S/c1-12(16-10-15(24-3)8-9-17(16)22)20-21-18(25)19-11-13-4-6-14(23-2)7-5-13/h4-10,22H,11H2,1-3H3,(H2,19,21,25)/b20-12+. The summed E-state index contributed by atoms with van der Waals surface area (Å²) in [5.41, 5.74) is 5.00. The van der Waals surface area contributed by atoms with E-state index >= 15 is 0 Å². The number of nitrogens with one attached hydrogen (secondary N) is 2. The Morgan fingerprint density at radius 2 is 1.72 bits per heavy atom. The van der Waals surface area contributed by atoms with Crippen LogP contribution in [0.4, 0.5) is 0 Å². The van der Waals surface area contributed by atoms with Crippen LogP contribution in [0.2, 0.25) is 0 Å². The molecule has 0 aliphatic carbocycles. The van der Waals surface area contributed by atoms with Crippen molar-refractivity contribution < 1.29 is 14.6 Å². The average molecular weight is 359 g/mol. The summed E-state index contributed by atoms with van der Waals surface area (Å²) in [5.74, 6) is 1.58. The Balaban J connectivity index is 1.92. The van der Waals surface area contributed by atoms with Gasteiger partial charge >= 0.3 is 0 Å². The molecule has 0 spiro atoms. The zero-order valence-corrected chi connectivity index (χ0v) is 15.2. The minimum atomic E-state index is 0.126. The number of benzene rings is 2. The van der Waals surface area contributed by atoms with Crippen molar-refractivity contribution >= 4 is 23.0 Å². The second-order valence-corrected chi connectivity index (χ2v) is 5.63. The highest BCUT2D eigenvalue weighted by Gasteiger charge is 2.07. The van der Waals surface area contributed by atoms with Gasteiger partial charge in [0.05, 0.1) is 19.9 Å². The smallest absolute Gasteiger partial charge is 0.187 e. The Kier molecular flexibility index (Phi) is 6.59. The Morgan fingerprint density at radius 3 is 2.36 bits per heavy atom. The molecule has 0 saturated heterocycles. The van der Waals surface area contributed by atoms with Crippen LogP contribution in [0.25, 0.3) is 0 Å². The third-order valence-corrected chi connectivity index (χ3v) is 3.77. The third-order valence-electron chi connectivity index (χ3n) is 3.53. The second-order valence-electron chi connectivity index (χ2n) is 5.22. The lowest BCUT2D eigenvalue weighted by Crippen LogP contribution is -2.32. The molecule has 0 atom stereocenters. The third kappa shape index (κ3) is 5.36. The molecule has 2 rings (SSSR count). The highest BCUT2D eigenvalue weighted by molar-refractivity contribution is 7.80. The van der Waals surface area contributed by atoms with Crippen molar-refractivity contribution in [2.45, 2.75) is 13.5 Å². The summed E-state index contributed by atoms with van der Waals surface area (Å²) in [4.78, 5) is 0. The van der Waals surface area contributed by atoms with Crippen LogP contribution < -0.4 is 20.2 Å². The lowest BCUT2D eigenvalue weighted by atomic mass is 10.1. The predicted molar refractivity (Wildman–Crippen MR) is 102 cm³/mol. The molecule has 0 amide bonds. The number of ether oxygens (including phenoxy) is 2. The first-order chi connectivity index (χ1) is 12.0. The van der Waals surface area contributed by atoms with Crippen LogP contribution in [0.1, 0.15) is 18.1 Å². The van der Waals surface area contributed by atoms with Crippen molar-refractivity contribution in [3.05, 3.63) is 53.6 Å². The van der Waals surface area contributed by atoms with E-state index in [1.165, 1.54) is 0 Å². The molecular formula is C18H21N3O3S. The van der Waals surface area contributed by atoms with E-state index in [4.69, 9.17) is 21.7 Å². The van der Waals surface area contributed by atoms with Crippen molar-refractivity contribution in [3.63, 3.8) is 0 Å². The summed E-state index contributed by atoms with van der Waals surface area (Å²) in [6.07, 6.45) is 0. The van der Waals surface area contributed by atoms with E-state index in [2.05, 4.69) is 15.8 Å². The van der Waals surface area contributed by atoms with Gasteiger partial charge in [-0.15, -0.1) is 0 Å². The molecule has 7 heteroatoms. The highest BCUT2D eigenvalue weighted by Crippen LogP contribution is 2.23. The molecule has 25 heavy (non-hydrogen) atoms. The van der Waals surface area contributed by atoms with Gasteiger partial charge in [-0.3, -0.25) is 5.43 Å². The van der Waals surface area contributed by atoms with E-state index in [9.17, 15) is 5.11 Å². The van der Waals surface area contributed by atoms with Crippen LogP contribution >= 0.6 is 12.2 Å². The van der Waals surface area contributed by atoms with Gasteiger partial charge in [0, 0.05) is 12.1 Å². The van der Waals surface area contributed by atoms with Crippen molar-refractivity contribution in [1.29, 1.82) is 0 Å². The molecule has 2 aromatic rings. The lowest BCUT2D eigenvalue weighted by Gasteiger charge is -2.10. The molecule has 0 aromatic heterocycles. The lowest BCUT2D eigenvalue weighted by molar-refractivity contribution is 0.412. The first-order valence-electron chi connectivity index (χ1n) is 7.62. The van der Waals surface area contributed by atoms with Gasteiger partial charge in [-0.25, -0.2) is 0 Å². The maximum atomic E-state index is 9.94. The molecular weight excluding hydrogens is 338 g/mol. The zero-order chi connectivity index (χ0) is 18.2. The number of hydrogen-bond acceptors (Lipinski definition) is 5. The van der Waals surface area contributed by atoms with Gasteiger partial charge in [0.25, 0.3) is 0 Å². The van der Waals surface area contributed by atoms with Crippen LogP contribution in [0.3, 0.4) is 0 Å². The van der Waals surface area contributed by atoms with Crippen LogP contribution in [-0.2, 0) is 6.54 Å². The monoisotopic (exact) mass is 359 g/mol. The van der Waals surface area contributed by atoms with E-state index in [0.717, 1.165) is 11.3 Å². The molecule has 0 heterocycles. The van der Waals surface area contributed by atoms with E-state index in [1.54, 1.807) is 39.3 Å². The van der Waals surface area contributed by atoms with Gasteiger partial charge < -0.3 is 19.9 Å². The Hall–Kier alpha value is -2.80. The van der Waals surface area contributed by atoms with Crippen LogP contribution in [0.5, 0.6) is 17.2 Å². The number of thiocarbonyl (C=S) groups is 1. The molecule has 0 unspecified atom stereocenters. The fourth-order valence-electron chi connectivity index (χ4n) is 2.09. The van der Waals surface area contributed by atoms with E-state index < -0.39 is 0 Å². The maximum absolute atomic E-state index is 9.94. The summed E-state index contributed by atoms with van der Waals surface area (Å²) >= 11 is 5.21. The van der Waals surface area contributed by atoms with Gasteiger partial charge in [-0.05, 0) is 55.0 Å². The van der Waals surface area contributed by atoms with Gasteiger partial charge in [0.1, 0.15) is 17.2 Å². The molecule has 0 bridgehead atoms. The van der Waals surface area contributed by atoms with E-state index in [0.29, 0.717) is 28.7 Å². The number of hydrogen-bond donors (Lipinski definition) is 3. The molecule has 0 radical (unpaired) electrons. The number of aromatic hydroxyl groups is 1. The number of rotatable bonds is 6. The zero-order valence-electron chi connectivity index (χ0n) is 14.4. The molecule has 6 nitrogen and oxygen atoms in total. The number of phenols is 1. The van der Waals surface area contributed by atoms with Crippen LogP contribution in [0.15, 0.2) is 47.6 Å².